The maximum absolute atomic E-state index is 13.1. The zero-order valence-electron chi connectivity index (χ0n) is 14.5. The van der Waals surface area contributed by atoms with Gasteiger partial charge in [0.1, 0.15) is 11.6 Å². The van der Waals surface area contributed by atoms with Crippen molar-refractivity contribution in [3.8, 4) is 16.9 Å². The van der Waals surface area contributed by atoms with Crippen molar-refractivity contribution in [1.82, 2.24) is 0 Å². The van der Waals surface area contributed by atoms with Crippen LogP contribution in [0.15, 0.2) is 60.7 Å². The fraction of sp³-hybridized carbons (Fsp3) is 0.273. The molecule has 0 radical (unpaired) electrons. The minimum atomic E-state index is -0.221. The molecule has 1 aliphatic rings. The van der Waals surface area contributed by atoms with E-state index in [9.17, 15) is 4.39 Å². The molecule has 3 rings (SSSR count). The molecule has 0 unspecified atom stereocenters. The Bertz CT molecular complexity index is 782. The van der Waals surface area contributed by atoms with Gasteiger partial charge >= 0.3 is 0 Å². The zero-order chi connectivity index (χ0) is 17.2. The summed E-state index contributed by atoms with van der Waals surface area (Å²) in [6.45, 7) is 7.13. The quantitative estimate of drug-likeness (QED) is 0.648. The van der Waals surface area contributed by atoms with Crippen molar-refractivity contribution in [1.29, 1.82) is 0 Å². The molecule has 124 valence electrons. The van der Waals surface area contributed by atoms with E-state index in [0.717, 1.165) is 28.9 Å². The summed E-state index contributed by atoms with van der Waals surface area (Å²) in [6.07, 6.45) is 7.63. The molecule has 0 amide bonds. The van der Waals surface area contributed by atoms with E-state index < -0.39 is 0 Å². The molecule has 0 aromatic heterocycles. The summed E-state index contributed by atoms with van der Waals surface area (Å²) in [5, 5.41) is 0. The van der Waals surface area contributed by atoms with Crippen molar-refractivity contribution in [3.63, 3.8) is 0 Å². The third kappa shape index (κ3) is 3.59. The standard InChI is InChI=1S/C22H23FO/c1-4-5-6-18-14-22(2,3)15-24-21-13-17(9-12-20(18)21)16-7-10-19(23)11-8-16/h5-14H,4,15H2,1-3H3/b6-5+. The van der Waals surface area contributed by atoms with E-state index in [1.54, 1.807) is 12.1 Å². The van der Waals surface area contributed by atoms with Crippen LogP contribution in [0, 0.1) is 11.2 Å². The van der Waals surface area contributed by atoms with Crippen molar-refractivity contribution in [2.45, 2.75) is 27.2 Å². The predicted octanol–water partition coefficient (Wildman–Crippen LogP) is 6.26. The Kier molecular flexibility index (Phi) is 4.57. The van der Waals surface area contributed by atoms with Crippen molar-refractivity contribution in [2.24, 2.45) is 5.41 Å². The maximum atomic E-state index is 13.1. The first-order valence-corrected chi connectivity index (χ1v) is 8.41. The SMILES string of the molecule is CC/C=C/C1=CC(C)(C)COc2cc(-c3ccc(F)cc3)ccc21. The summed E-state index contributed by atoms with van der Waals surface area (Å²) in [5.41, 5.74) is 4.30. The van der Waals surface area contributed by atoms with E-state index >= 15 is 0 Å². The number of halogens is 1. The lowest BCUT2D eigenvalue weighted by molar-refractivity contribution is 0.225. The lowest BCUT2D eigenvalue weighted by Gasteiger charge is -2.18. The van der Waals surface area contributed by atoms with Crippen LogP contribution >= 0.6 is 0 Å². The Hall–Kier alpha value is -2.35. The van der Waals surface area contributed by atoms with E-state index in [1.807, 2.05) is 0 Å². The molecule has 2 aromatic rings. The number of fused-ring (bicyclic) bond motifs is 1. The van der Waals surface area contributed by atoms with Gasteiger partial charge in [0.2, 0.25) is 0 Å². The molecule has 0 atom stereocenters. The van der Waals surface area contributed by atoms with Gasteiger partial charge in [0.05, 0.1) is 6.61 Å². The van der Waals surface area contributed by atoms with Gasteiger partial charge in [-0.1, -0.05) is 63.3 Å². The Morgan fingerprint density at radius 1 is 1.08 bits per heavy atom. The highest BCUT2D eigenvalue weighted by atomic mass is 19.1. The average molecular weight is 322 g/mol. The highest BCUT2D eigenvalue weighted by Gasteiger charge is 2.23. The highest BCUT2D eigenvalue weighted by Crippen LogP contribution is 2.38. The predicted molar refractivity (Wildman–Crippen MR) is 98.5 cm³/mol. The van der Waals surface area contributed by atoms with Crippen LogP contribution < -0.4 is 4.74 Å². The Morgan fingerprint density at radius 3 is 2.50 bits per heavy atom. The van der Waals surface area contributed by atoms with Crippen LogP contribution in [0.3, 0.4) is 0 Å². The number of hydrogen-bond donors (Lipinski definition) is 0. The monoisotopic (exact) mass is 322 g/mol. The zero-order valence-corrected chi connectivity index (χ0v) is 14.5. The number of ether oxygens (including phenoxy) is 1. The van der Waals surface area contributed by atoms with Crippen LogP contribution in [0.25, 0.3) is 16.7 Å². The Labute approximate surface area is 143 Å². The van der Waals surface area contributed by atoms with Crippen LogP contribution in [0.2, 0.25) is 0 Å². The van der Waals surface area contributed by atoms with Gasteiger partial charge in [0.15, 0.2) is 0 Å². The summed E-state index contributed by atoms with van der Waals surface area (Å²) in [4.78, 5) is 0. The molecule has 2 heteroatoms. The molecule has 0 N–H and O–H groups in total. The Morgan fingerprint density at radius 2 is 1.79 bits per heavy atom. The lowest BCUT2D eigenvalue weighted by atomic mass is 9.90. The largest absolute Gasteiger partial charge is 0.492 e. The molecule has 1 aliphatic heterocycles. The molecular weight excluding hydrogens is 299 g/mol. The van der Waals surface area contributed by atoms with Gasteiger partial charge in [-0.3, -0.25) is 0 Å². The van der Waals surface area contributed by atoms with Crippen LogP contribution in [-0.2, 0) is 0 Å². The fourth-order valence-electron chi connectivity index (χ4n) is 2.89. The van der Waals surface area contributed by atoms with Gasteiger partial charge < -0.3 is 4.74 Å². The van der Waals surface area contributed by atoms with E-state index in [4.69, 9.17) is 4.74 Å². The average Bonchev–Trinajstić information content (AvgIpc) is 2.69. The first-order valence-electron chi connectivity index (χ1n) is 8.41. The topological polar surface area (TPSA) is 9.23 Å². The molecule has 0 spiro atoms. The number of rotatable bonds is 3. The lowest BCUT2D eigenvalue weighted by Crippen LogP contribution is -2.17. The number of hydrogen-bond acceptors (Lipinski definition) is 1. The van der Waals surface area contributed by atoms with Crippen LogP contribution in [0.4, 0.5) is 4.39 Å². The fourth-order valence-corrected chi connectivity index (χ4v) is 2.89. The van der Waals surface area contributed by atoms with Crippen LogP contribution in [-0.4, -0.2) is 6.61 Å². The molecule has 0 aliphatic carbocycles. The molecule has 0 fully saturated rings. The molecule has 0 saturated carbocycles. The third-order valence-corrected chi connectivity index (χ3v) is 4.15. The van der Waals surface area contributed by atoms with Gasteiger partial charge in [0, 0.05) is 11.0 Å². The van der Waals surface area contributed by atoms with Gasteiger partial charge in [-0.2, -0.15) is 0 Å². The second kappa shape index (κ2) is 6.64. The van der Waals surface area contributed by atoms with Gasteiger partial charge in [0.25, 0.3) is 0 Å². The molecule has 0 bridgehead atoms. The highest BCUT2D eigenvalue weighted by molar-refractivity contribution is 5.81. The second-order valence-corrected chi connectivity index (χ2v) is 6.91. The summed E-state index contributed by atoms with van der Waals surface area (Å²) in [5.74, 6) is 0.663. The van der Waals surface area contributed by atoms with Crippen molar-refractivity contribution >= 4 is 5.57 Å². The molecular formula is C22H23FO. The number of benzene rings is 2. The van der Waals surface area contributed by atoms with E-state index in [0.29, 0.717) is 6.61 Å². The molecule has 0 saturated heterocycles. The molecule has 1 heterocycles. The maximum Gasteiger partial charge on any atom is 0.127 e. The van der Waals surface area contributed by atoms with E-state index in [1.165, 1.54) is 17.7 Å². The second-order valence-electron chi connectivity index (χ2n) is 6.91. The van der Waals surface area contributed by atoms with E-state index in [2.05, 4.69) is 57.2 Å². The Balaban J connectivity index is 2.04. The third-order valence-electron chi connectivity index (χ3n) is 4.15. The van der Waals surface area contributed by atoms with Crippen molar-refractivity contribution < 1.29 is 9.13 Å². The van der Waals surface area contributed by atoms with Crippen molar-refractivity contribution in [2.75, 3.05) is 6.61 Å². The van der Waals surface area contributed by atoms with Gasteiger partial charge in [-0.25, -0.2) is 4.39 Å². The summed E-state index contributed by atoms with van der Waals surface area (Å²) >= 11 is 0. The van der Waals surface area contributed by atoms with Crippen LogP contribution in [0.5, 0.6) is 5.75 Å². The molecule has 2 aromatic carbocycles. The van der Waals surface area contributed by atoms with Crippen LogP contribution in [0.1, 0.15) is 32.8 Å². The van der Waals surface area contributed by atoms with Gasteiger partial charge in [-0.05, 0) is 41.3 Å². The van der Waals surface area contributed by atoms with E-state index in [-0.39, 0.29) is 11.2 Å². The van der Waals surface area contributed by atoms with Crippen molar-refractivity contribution in [3.05, 3.63) is 72.1 Å². The number of allylic oxidation sites excluding steroid dienone is 3. The molecule has 1 nitrogen and oxygen atoms in total. The smallest absolute Gasteiger partial charge is 0.127 e. The normalized spacial score (nSPS) is 16.2. The summed E-state index contributed by atoms with van der Waals surface area (Å²) in [6, 6.07) is 12.8. The summed E-state index contributed by atoms with van der Waals surface area (Å²) in [7, 11) is 0. The summed E-state index contributed by atoms with van der Waals surface area (Å²) < 4.78 is 19.2. The first-order chi connectivity index (χ1) is 11.5. The minimum Gasteiger partial charge on any atom is -0.492 e. The first kappa shape index (κ1) is 16.5. The molecule has 24 heavy (non-hydrogen) atoms. The van der Waals surface area contributed by atoms with Gasteiger partial charge in [-0.15, -0.1) is 0 Å². The minimum absolute atomic E-state index is 0.0253.